The van der Waals surface area contributed by atoms with E-state index in [9.17, 15) is 19.8 Å². The Morgan fingerprint density at radius 2 is 1.16 bits per heavy atom. The third kappa shape index (κ3) is 10.7. The van der Waals surface area contributed by atoms with E-state index >= 15 is 0 Å². The number of rotatable bonds is 6. The van der Waals surface area contributed by atoms with Gasteiger partial charge in [-0.2, -0.15) is 0 Å². The van der Waals surface area contributed by atoms with Gasteiger partial charge in [-0.1, -0.05) is 120 Å². The first-order chi connectivity index (χ1) is 26.3. The monoisotopic (exact) mass is 751 g/mol. The van der Waals surface area contributed by atoms with Crippen molar-refractivity contribution in [3.05, 3.63) is 120 Å². The Bertz CT molecular complexity index is 1870. The van der Waals surface area contributed by atoms with Gasteiger partial charge in [0.1, 0.15) is 35.2 Å². The normalized spacial score (nSPS) is 31.5. The Morgan fingerprint density at radius 3 is 1.67 bits per heavy atom. The molecule has 0 amide bonds. The zero-order valence-electron chi connectivity index (χ0n) is 32.9. The van der Waals surface area contributed by atoms with E-state index in [0.717, 1.165) is 0 Å². The zero-order valence-corrected chi connectivity index (χ0v) is 32.9. The molecule has 0 aromatic carbocycles. The summed E-state index contributed by atoms with van der Waals surface area (Å²) in [4.78, 5) is 41.5. The number of aliphatic hydroxyl groups excluding tert-OH is 2. The highest BCUT2D eigenvalue weighted by molar-refractivity contribution is 5.88. The summed E-state index contributed by atoms with van der Waals surface area (Å²) >= 11 is 0. The first-order valence-electron chi connectivity index (χ1n) is 19.2. The molecule has 4 bridgehead atoms. The predicted octanol–water partition coefficient (Wildman–Crippen LogP) is 7.08. The average molecular weight is 752 g/mol. The number of carbonyl (C=O) groups excluding carboxylic acids is 2. The molecule has 0 spiro atoms. The molecule has 1 aliphatic carbocycles. The van der Waals surface area contributed by atoms with Crippen molar-refractivity contribution in [3.8, 4) is 0 Å². The van der Waals surface area contributed by atoms with Gasteiger partial charge >= 0.3 is 11.9 Å². The second-order valence-corrected chi connectivity index (χ2v) is 15.8. The Labute approximate surface area is 324 Å². The fraction of sp³-hybridized carbons (Fsp3) is 0.455. The molecule has 2 aromatic heterocycles. The minimum Gasteiger partial charge on any atom is -0.457 e. The van der Waals surface area contributed by atoms with Crippen LogP contribution in [0.2, 0.25) is 0 Å². The van der Waals surface area contributed by atoms with E-state index in [1.54, 1.807) is 36.5 Å². The quantitative estimate of drug-likeness (QED) is 0.118. The summed E-state index contributed by atoms with van der Waals surface area (Å²) in [6.07, 6.45) is 31.5. The summed E-state index contributed by atoms with van der Waals surface area (Å²) in [7, 11) is 0. The lowest BCUT2D eigenvalue weighted by atomic mass is 9.79. The Morgan fingerprint density at radius 1 is 0.709 bits per heavy atom. The summed E-state index contributed by atoms with van der Waals surface area (Å²) < 4.78 is 12.1. The lowest BCUT2D eigenvalue weighted by Gasteiger charge is -2.36. The van der Waals surface area contributed by atoms with Crippen LogP contribution in [0.3, 0.4) is 0 Å². The molecule has 1 saturated heterocycles. The molecule has 5 N–H and O–H groups in total. The number of allylic oxidation sites excluding steroid dienone is 8. The number of nitrogens with zero attached hydrogens (tertiary/aromatic N) is 2. The van der Waals surface area contributed by atoms with Gasteiger partial charge in [-0.3, -0.25) is 0 Å². The van der Waals surface area contributed by atoms with Crippen LogP contribution in [0, 0.1) is 28.6 Å². The van der Waals surface area contributed by atoms with Crippen LogP contribution < -0.4 is 5.32 Å². The lowest BCUT2D eigenvalue weighted by Crippen LogP contribution is -2.42. The van der Waals surface area contributed by atoms with Gasteiger partial charge in [0.2, 0.25) is 0 Å². The molecule has 2 aromatic rings. The Hall–Kier alpha value is -4.84. The molecule has 2 aliphatic heterocycles. The van der Waals surface area contributed by atoms with E-state index in [0.29, 0.717) is 42.2 Å². The smallest absolute Gasteiger partial charge is 0.356 e. The van der Waals surface area contributed by atoms with Gasteiger partial charge in [0, 0.05) is 35.8 Å². The van der Waals surface area contributed by atoms with E-state index in [1.807, 2.05) is 90.2 Å². The number of aromatic nitrogens is 4. The van der Waals surface area contributed by atoms with E-state index in [1.165, 1.54) is 12.4 Å². The topological polar surface area (TPSA) is 172 Å². The van der Waals surface area contributed by atoms with Crippen LogP contribution >= 0.6 is 0 Å². The van der Waals surface area contributed by atoms with Crippen molar-refractivity contribution in [1.82, 2.24) is 25.3 Å². The van der Waals surface area contributed by atoms with Gasteiger partial charge in [-0.25, -0.2) is 19.6 Å². The number of H-pyrrole nitrogens is 2. The first-order valence-corrected chi connectivity index (χ1v) is 19.2. The number of aliphatic hydroxyl groups is 2. The van der Waals surface area contributed by atoms with E-state index in [-0.39, 0.29) is 23.5 Å². The van der Waals surface area contributed by atoms with Gasteiger partial charge < -0.3 is 35.0 Å². The number of cyclic esters (lactones) is 2. The van der Waals surface area contributed by atoms with E-state index < -0.39 is 47.2 Å². The second kappa shape index (κ2) is 18.2. The molecule has 55 heavy (non-hydrogen) atoms. The third-order valence-electron chi connectivity index (χ3n) is 11.0. The molecule has 11 nitrogen and oxygen atoms in total. The van der Waals surface area contributed by atoms with Gasteiger partial charge in [0.15, 0.2) is 0 Å². The molecule has 1 saturated carbocycles. The Kier molecular flexibility index (Phi) is 13.7. The second-order valence-electron chi connectivity index (χ2n) is 15.8. The largest absolute Gasteiger partial charge is 0.457 e. The number of carbonyl (C=O) groups is 2. The Balaban J connectivity index is 1.37. The number of aromatic amines is 2. The SMILES string of the molecule is C/C=C/[C@H](O)C(C)(C)[C@@H]1C/C=C\[C@H]2N[C@H]2/C=C/C=C\c2ncc([nH]2)C(=O)O[C@H](C(C)(C)[C@@H](O)/C=C/C)C/C=C\[C@H]2[C@@H](C)[C@H]2/C=C/C=C\c2ncc([nH]2)C(=O)O1. The van der Waals surface area contributed by atoms with Crippen molar-refractivity contribution < 1.29 is 29.3 Å². The highest BCUT2D eigenvalue weighted by Gasteiger charge is 2.43. The molecule has 9 atom stereocenters. The van der Waals surface area contributed by atoms with Crippen molar-refractivity contribution >= 4 is 24.1 Å². The van der Waals surface area contributed by atoms with Gasteiger partial charge in [0.25, 0.3) is 0 Å². The summed E-state index contributed by atoms with van der Waals surface area (Å²) in [6.45, 7) is 13.5. The van der Waals surface area contributed by atoms with Crippen LogP contribution in [0.1, 0.15) is 93.9 Å². The van der Waals surface area contributed by atoms with Crippen molar-refractivity contribution in [1.29, 1.82) is 0 Å². The summed E-state index contributed by atoms with van der Waals surface area (Å²) in [6, 6.07) is 0.233. The van der Waals surface area contributed by atoms with Crippen molar-refractivity contribution in [2.24, 2.45) is 28.6 Å². The lowest BCUT2D eigenvalue weighted by molar-refractivity contribution is -0.0461. The molecular weight excluding hydrogens is 695 g/mol. The molecule has 0 radical (unpaired) electrons. The highest BCUT2D eigenvalue weighted by atomic mass is 16.6. The van der Waals surface area contributed by atoms with Crippen molar-refractivity contribution in [2.75, 3.05) is 0 Å². The van der Waals surface area contributed by atoms with Crippen LogP contribution in [0.25, 0.3) is 12.2 Å². The zero-order chi connectivity index (χ0) is 39.8. The summed E-state index contributed by atoms with van der Waals surface area (Å²) in [5.41, 5.74) is -1.08. The van der Waals surface area contributed by atoms with Crippen molar-refractivity contribution in [2.45, 2.75) is 97.8 Å². The van der Waals surface area contributed by atoms with E-state index in [4.69, 9.17) is 9.47 Å². The number of imidazole rings is 2. The molecule has 11 heteroatoms. The molecule has 5 rings (SSSR count). The predicted molar refractivity (Wildman–Crippen MR) is 216 cm³/mol. The fourth-order valence-electron chi connectivity index (χ4n) is 6.71. The maximum atomic E-state index is 13.4. The van der Waals surface area contributed by atoms with Gasteiger partial charge in [0.05, 0.1) is 24.6 Å². The summed E-state index contributed by atoms with van der Waals surface area (Å²) in [5, 5.41) is 25.3. The van der Waals surface area contributed by atoms with Crippen LogP contribution in [-0.4, -0.2) is 78.6 Å². The third-order valence-corrected chi connectivity index (χ3v) is 11.0. The van der Waals surface area contributed by atoms with Crippen molar-refractivity contribution in [3.63, 3.8) is 0 Å². The fourth-order valence-corrected chi connectivity index (χ4v) is 6.71. The molecule has 4 heterocycles. The minimum absolute atomic E-state index is 0.110. The van der Waals surface area contributed by atoms with Crippen LogP contribution in [0.15, 0.2) is 97.5 Å². The summed E-state index contributed by atoms with van der Waals surface area (Å²) in [5.74, 6) is 1.05. The van der Waals surface area contributed by atoms with Crippen LogP contribution in [0.5, 0.6) is 0 Å². The maximum absolute atomic E-state index is 13.4. The molecular formula is C44H57N5O6. The van der Waals surface area contributed by atoms with Gasteiger partial charge in [-0.15, -0.1) is 0 Å². The maximum Gasteiger partial charge on any atom is 0.356 e. The average Bonchev–Trinajstić information content (AvgIpc) is 3.82. The number of nitrogens with one attached hydrogen (secondary N) is 3. The van der Waals surface area contributed by atoms with Crippen LogP contribution in [0.4, 0.5) is 0 Å². The van der Waals surface area contributed by atoms with Crippen LogP contribution in [-0.2, 0) is 9.47 Å². The number of hydrogen-bond donors (Lipinski definition) is 5. The van der Waals surface area contributed by atoms with E-state index in [2.05, 4.69) is 44.3 Å². The standard InChI is InChI=1S/C44H57N5O6/c1-8-16-35(50)43(4,5)37-22-14-19-30-28(3)29(30)18-10-12-24-39-45-26-34(48-39)42(53)55-38(44(6,7)36(51)17-9-2)23-15-21-32-31(47-32)20-11-13-25-40-46-27-33(49-40)41(52)54-37/h8-21,24-32,35-38,47,50-51H,22-23H2,1-7H3,(H,45,48)(H,46,49)/b16-8+,17-9+,18-10+,19-14-,20-11+,21-15-,24-12-,25-13-/t28-,29+,30-,31-,32+,35-,36-,37-,38-/m0/s1. The first kappa shape index (κ1) is 41.3. The highest BCUT2D eigenvalue weighted by Crippen LogP contribution is 2.48. The molecule has 3 aliphatic rings. The minimum atomic E-state index is -0.827. The number of hydrogen-bond acceptors (Lipinski definition) is 9. The number of esters is 2. The molecule has 294 valence electrons. The van der Waals surface area contributed by atoms with Gasteiger partial charge in [-0.05, 0) is 43.8 Å². The molecule has 0 unspecified atom stereocenters. The molecule has 2 fully saturated rings. The number of ether oxygens (including phenoxy) is 2. The number of fused-ring (bicyclic) bond motifs is 6.